The van der Waals surface area contributed by atoms with E-state index in [0.717, 1.165) is 0 Å². The number of carbonyl (C=O) groups excluding carboxylic acids is 1. The average molecular weight is 308 g/mol. The smallest absolute Gasteiger partial charge is 0.326 e. The highest BCUT2D eigenvalue weighted by atomic mass is 16.6. The third-order valence-electron chi connectivity index (χ3n) is 2.87. The number of aromatic nitrogens is 1. The van der Waals surface area contributed by atoms with E-state index in [0.29, 0.717) is 25.5 Å². The van der Waals surface area contributed by atoms with Crippen molar-refractivity contribution in [1.82, 2.24) is 4.57 Å². The molecule has 0 bridgehead atoms. The molecule has 120 valence electrons. The summed E-state index contributed by atoms with van der Waals surface area (Å²) < 4.78 is 16.5. The number of ether oxygens (including phenoxy) is 3. The number of hydrogen-bond acceptors (Lipinski definition) is 6. The minimum Gasteiger partial charge on any atom is -0.462 e. The summed E-state index contributed by atoms with van der Waals surface area (Å²) in [4.78, 5) is 23.6. The Hall–Kier alpha value is -2.17. The van der Waals surface area contributed by atoms with Gasteiger partial charge in [0.15, 0.2) is 0 Å². The number of rotatable bonds is 9. The predicted octanol–water partition coefficient (Wildman–Crippen LogP) is 0.625. The highest BCUT2D eigenvalue weighted by Gasteiger charge is 2.10. The lowest BCUT2D eigenvalue weighted by atomic mass is 10.2. The van der Waals surface area contributed by atoms with Crippen molar-refractivity contribution in [1.29, 1.82) is 5.26 Å². The third-order valence-corrected chi connectivity index (χ3v) is 2.87. The summed E-state index contributed by atoms with van der Waals surface area (Å²) in [7, 11) is 0. The van der Waals surface area contributed by atoms with Crippen LogP contribution < -0.4 is 5.56 Å². The van der Waals surface area contributed by atoms with Gasteiger partial charge in [0, 0.05) is 12.3 Å². The molecule has 0 saturated carbocycles. The number of nitrogens with zero attached hydrogens (tertiary/aromatic N) is 2. The van der Waals surface area contributed by atoms with Crippen molar-refractivity contribution >= 4 is 5.97 Å². The standard InChI is InChI=1S/C15H20N2O5/c1-3-20-6-7-21-8-9-22-14(18)11-17-12(2)4-5-13(10-16)15(17)19/h4-5H,3,6-9,11H2,1-2H3. The number of carbonyl (C=O) groups is 1. The minimum absolute atomic E-state index is 0.00217. The van der Waals surface area contributed by atoms with Gasteiger partial charge in [-0.25, -0.2) is 0 Å². The summed E-state index contributed by atoms with van der Waals surface area (Å²) in [5.41, 5.74) is 0.0963. The molecular weight excluding hydrogens is 288 g/mol. The van der Waals surface area contributed by atoms with Gasteiger partial charge in [-0.2, -0.15) is 5.26 Å². The summed E-state index contributed by atoms with van der Waals surface area (Å²) in [6.45, 7) is 5.31. The van der Waals surface area contributed by atoms with Crippen LogP contribution in [0.4, 0.5) is 0 Å². The Bertz CT molecular complexity index is 589. The van der Waals surface area contributed by atoms with Gasteiger partial charge in [0.05, 0.1) is 19.8 Å². The Kier molecular flexibility index (Phi) is 7.89. The topological polar surface area (TPSA) is 90.6 Å². The first-order chi connectivity index (χ1) is 10.6. The van der Waals surface area contributed by atoms with Crippen molar-refractivity contribution in [3.63, 3.8) is 0 Å². The fourth-order valence-electron chi connectivity index (χ4n) is 1.71. The zero-order chi connectivity index (χ0) is 16.4. The van der Waals surface area contributed by atoms with Gasteiger partial charge in [0.1, 0.15) is 24.8 Å². The minimum atomic E-state index is -0.548. The Balaban J connectivity index is 2.40. The molecule has 22 heavy (non-hydrogen) atoms. The van der Waals surface area contributed by atoms with Crippen LogP contribution in [0.2, 0.25) is 0 Å². The van der Waals surface area contributed by atoms with E-state index in [4.69, 9.17) is 19.5 Å². The molecule has 7 nitrogen and oxygen atoms in total. The van der Waals surface area contributed by atoms with Crippen LogP contribution in [0.25, 0.3) is 0 Å². The van der Waals surface area contributed by atoms with Gasteiger partial charge < -0.3 is 18.8 Å². The molecule has 0 aliphatic rings. The first kappa shape index (κ1) is 17.9. The molecule has 0 fully saturated rings. The van der Waals surface area contributed by atoms with Gasteiger partial charge >= 0.3 is 5.97 Å². The fourth-order valence-corrected chi connectivity index (χ4v) is 1.71. The van der Waals surface area contributed by atoms with Crippen molar-refractivity contribution in [2.45, 2.75) is 20.4 Å². The third kappa shape index (κ3) is 5.68. The molecule has 0 N–H and O–H groups in total. The van der Waals surface area contributed by atoms with Gasteiger partial charge in [-0.15, -0.1) is 0 Å². The molecule has 0 spiro atoms. The van der Waals surface area contributed by atoms with Crippen LogP contribution in [-0.2, 0) is 25.5 Å². The largest absolute Gasteiger partial charge is 0.462 e. The maximum atomic E-state index is 11.9. The second-order valence-corrected chi connectivity index (χ2v) is 4.42. The van der Waals surface area contributed by atoms with Crippen molar-refractivity contribution in [3.05, 3.63) is 33.7 Å². The number of nitriles is 1. The number of hydrogen-bond donors (Lipinski definition) is 0. The summed E-state index contributed by atoms with van der Waals surface area (Å²) >= 11 is 0. The molecule has 1 aromatic heterocycles. The van der Waals surface area contributed by atoms with Gasteiger partial charge in [-0.05, 0) is 26.0 Å². The normalized spacial score (nSPS) is 10.2. The lowest BCUT2D eigenvalue weighted by Crippen LogP contribution is -2.29. The molecular formula is C15H20N2O5. The van der Waals surface area contributed by atoms with Crippen LogP contribution in [-0.4, -0.2) is 43.6 Å². The lowest BCUT2D eigenvalue weighted by molar-refractivity contribution is -0.146. The van der Waals surface area contributed by atoms with Crippen LogP contribution >= 0.6 is 0 Å². The Morgan fingerprint density at radius 1 is 1.23 bits per heavy atom. The van der Waals surface area contributed by atoms with E-state index < -0.39 is 11.5 Å². The molecule has 0 unspecified atom stereocenters. The van der Waals surface area contributed by atoms with Crippen LogP contribution in [0.15, 0.2) is 16.9 Å². The fraction of sp³-hybridized carbons (Fsp3) is 0.533. The van der Waals surface area contributed by atoms with E-state index in [1.54, 1.807) is 19.1 Å². The van der Waals surface area contributed by atoms with E-state index in [1.807, 2.05) is 6.92 Å². The van der Waals surface area contributed by atoms with Crippen molar-refractivity contribution < 1.29 is 19.0 Å². The number of aryl methyl sites for hydroxylation is 1. The molecule has 0 aliphatic heterocycles. The van der Waals surface area contributed by atoms with Crippen molar-refractivity contribution in [3.8, 4) is 6.07 Å². The Morgan fingerprint density at radius 2 is 1.91 bits per heavy atom. The lowest BCUT2D eigenvalue weighted by Gasteiger charge is -2.10. The Labute approximate surface area is 129 Å². The second kappa shape index (κ2) is 9.71. The SMILES string of the molecule is CCOCCOCCOC(=O)Cn1c(C)ccc(C#N)c1=O. The highest BCUT2D eigenvalue weighted by Crippen LogP contribution is 1.98. The molecule has 0 atom stereocenters. The maximum absolute atomic E-state index is 11.9. The molecule has 0 aliphatic carbocycles. The van der Waals surface area contributed by atoms with Gasteiger partial charge in [-0.1, -0.05) is 0 Å². The first-order valence-electron chi connectivity index (χ1n) is 7.01. The second-order valence-electron chi connectivity index (χ2n) is 4.42. The molecule has 7 heteroatoms. The molecule has 0 aromatic carbocycles. The molecule has 1 rings (SSSR count). The average Bonchev–Trinajstić information content (AvgIpc) is 2.50. The molecule has 0 amide bonds. The van der Waals surface area contributed by atoms with Gasteiger partial charge in [-0.3, -0.25) is 9.59 Å². The monoisotopic (exact) mass is 308 g/mol. The molecule has 0 radical (unpaired) electrons. The number of esters is 1. The van der Waals surface area contributed by atoms with Gasteiger partial charge in [0.25, 0.3) is 5.56 Å². The zero-order valence-corrected chi connectivity index (χ0v) is 12.8. The van der Waals surface area contributed by atoms with E-state index in [1.165, 1.54) is 10.6 Å². The molecule has 1 heterocycles. The van der Waals surface area contributed by atoms with Gasteiger partial charge in [0.2, 0.25) is 0 Å². The quantitative estimate of drug-likeness (QED) is 0.491. The van der Waals surface area contributed by atoms with E-state index >= 15 is 0 Å². The van der Waals surface area contributed by atoms with Crippen LogP contribution in [0.1, 0.15) is 18.2 Å². The van der Waals surface area contributed by atoms with Crippen LogP contribution in [0.5, 0.6) is 0 Å². The Morgan fingerprint density at radius 3 is 2.59 bits per heavy atom. The van der Waals surface area contributed by atoms with E-state index in [2.05, 4.69) is 0 Å². The molecule has 1 aromatic rings. The predicted molar refractivity (Wildman–Crippen MR) is 78.4 cm³/mol. The van der Waals surface area contributed by atoms with E-state index in [9.17, 15) is 9.59 Å². The maximum Gasteiger partial charge on any atom is 0.326 e. The van der Waals surface area contributed by atoms with Crippen LogP contribution in [0, 0.1) is 18.3 Å². The van der Waals surface area contributed by atoms with E-state index in [-0.39, 0.29) is 25.3 Å². The summed E-state index contributed by atoms with van der Waals surface area (Å²) in [5.74, 6) is -0.548. The summed E-state index contributed by atoms with van der Waals surface area (Å²) in [6.07, 6.45) is 0. The first-order valence-corrected chi connectivity index (χ1v) is 7.01. The van der Waals surface area contributed by atoms with Crippen molar-refractivity contribution in [2.24, 2.45) is 0 Å². The molecule has 0 saturated heterocycles. The van der Waals surface area contributed by atoms with Crippen molar-refractivity contribution in [2.75, 3.05) is 33.0 Å². The number of pyridine rings is 1. The summed E-state index contributed by atoms with van der Waals surface area (Å²) in [5, 5.41) is 8.82. The van der Waals surface area contributed by atoms with Crippen LogP contribution in [0.3, 0.4) is 0 Å². The zero-order valence-electron chi connectivity index (χ0n) is 12.8. The highest BCUT2D eigenvalue weighted by molar-refractivity contribution is 5.69. The summed E-state index contributed by atoms with van der Waals surface area (Å²) in [6, 6.07) is 4.85.